The van der Waals surface area contributed by atoms with Gasteiger partial charge >= 0.3 is 0 Å². The lowest BCUT2D eigenvalue weighted by atomic mass is 9.76. The minimum absolute atomic E-state index is 0. The molecule has 0 aliphatic carbocycles. The summed E-state index contributed by atoms with van der Waals surface area (Å²) >= 11 is 0. The van der Waals surface area contributed by atoms with Crippen molar-refractivity contribution in [3.8, 4) is 0 Å². The second-order valence-corrected chi connectivity index (χ2v) is 8.45. The van der Waals surface area contributed by atoms with Gasteiger partial charge in [-0.05, 0) is 31.7 Å². The zero-order valence-corrected chi connectivity index (χ0v) is 20.1. The number of halogens is 1. The molecule has 0 saturated carbocycles. The van der Waals surface area contributed by atoms with E-state index in [9.17, 15) is 8.42 Å². The highest BCUT2D eigenvalue weighted by molar-refractivity contribution is 14.0. The number of sulfonamides is 1. The number of hydrogen-bond acceptors (Lipinski definition) is 3. The van der Waals surface area contributed by atoms with E-state index < -0.39 is 10.0 Å². The van der Waals surface area contributed by atoms with E-state index in [1.807, 2.05) is 6.07 Å². The number of aliphatic imine (C=N–C) groups is 1. The van der Waals surface area contributed by atoms with E-state index in [-0.39, 0.29) is 35.1 Å². The molecule has 0 bridgehead atoms. The molecule has 6 nitrogen and oxygen atoms in total. The fourth-order valence-electron chi connectivity index (χ4n) is 2.90. The first-order valence-corrected chi connectivity index (χ1v) is 11.1. The van der Waals surface area contributed by atoms with Gasteiger partial charge < -0.3 is 10.6 Å². The van der Waals surface area contributed by atoms with Gasteiger partial charge in [-0.25, -0.2) is 13.1 Å². The van der Waals surface area contributed by atoms with Crippen molar-refractivity contribution in [3.63, 3.8) is 0 Å². The van der Waals surface area contributed by atoms with E-state index in [0.717, 1.165) is 25.3 Å². The first-order valence-electron chi connectivity index (χ1n) is 9.40. The molecule has 0 atom stereocenters. The van der Waals surface area contributed by atoms with Gasteiger partial charge in [0.1, 0.15) is 0 Å². The molecule has 156 valence electrons. The average molecular weight is 510 g/mol. The molecule has 0 unspecified atom stereocenters. The summed E-state index contributed by atoms with van der Waals surface area (Å²) in [6.07, 6.45) is 2.78. The van der Waals surface area contributed by atoms with E-state index in [0.29, 0.717) is 19.5 Å². The van der Waals surface area contributed by atoms with Crippen molar-refractivity contribution in [2.75, 3.05) is 32.4 Å². The smallest absolute Gasteiger partial charge is 0.211 e. The lowest BCUT2D eigenvalue weighted by molar-refractivity contribution is 0.389. The Morgan fingerprint density at radius 2 is 1.67 bits per heavy atom. The van der Waals surface area contributed by atoms with Crippen molar-refractivity contribution >= 4 is 40.0 Å². The summed E-state index contributed by atoms with van der Waals surface area (Å²) in [5.74, 6) is 0.852. The van der Waals surface area contributed by atoms with Crippen molar-refractivity contribution in [1.29, 1.82) is 0 Å². The van der Waals surface area contributed by atoms with Crippen LogP contribution in [0.4, 0.5) is 0 Å². The van der Waals surface area contributed by atoms with Crippen LogP contribution in [0.5, 0.6) is 0 Å². The lowest BCUT2D eigenvalue weighted by Gasteiger charge is -2.33. The summed E-state index contributed by atoms with van der Waals surface area (Å²) in [7, 11) is -1.37. The van der Waals surface area contributed by atoms with Crippen LogP contribution >= 0.6 is 24.0 Å². The van der Waals surface area contributed by atoms with Crippen molar-refractivity contribution < 1.29 is 8.42 Å². The highest BCUT2D eigenvalue weighted by Gasteiger charge is 2.28. The molecule has 0 radical (unpaired) electrons. The number of benzene rings is 1. The Morgan fingerprint density at radius 1 is 1.04 bits per heavy atom. The highest BCUT2D eigenvalue weighted by atomic mass is 127. The summed E-state index contributed by atoms with van der Waals surface area (Å²) in [4.78, 5) is 4.27. The minimum Gasteiger partial charge on any atom is -0.356 e. The third kappa shape index (κ3) is 8.78. The van der Waals surface area contributed by atoms with Gasteiger partial charge in [-0.3, -0.25) is 4.99 Å². The fraction of sp³-hybridized carbons (Fsp3) is 0.632. The normalized spacial score (nSPS) is 12.4. The van der Waals surface area contributed by atoms with Gasteiger partial charge in [-0.2, -0.15) is 0 Å². The predicted octanol–water partition coefficient (Wildman–Crippen LogP) is 2.86. The molecule has 1 aromatic carbocycles. The van der Waals surface area contributed by atoms with Crippen LogP contribution in [0.2, 0.25) is 0 Å². The van der Waals surface area contributed by atoms with E-state index >= 15 is 0 Å². The molecule has 0 fully saturated rings. The molecule has 1 rings (SSSR count). The predicted molar refractivity (Wildman–Crippen MR) is 126 cm³/mol. The van der Waals surface area contributed by atoms with Crippen LogP contribution in [-0.4, -0.2) is 46.8 Å². The van der Waals surface area contributed by atoms with Gasteiger partial charge in [0.2, 0.25) is 10.0 Å². The van der Waals surface area contributed by atoms with Crippen LogP contribution < -0.4 is 15.4 Å². The molecule has 0 aliphatic rings. The van der Waals surface area contributed by atoms with E-state index in [1.54, 1.807) is 14.0 Å². The number of nitrogens with one attached hydrogen (secondary N) is 3. The van der Waals surface area contributed by atoms with Gasteiger partial charge in [-0.1, -0.05) is 44.2 Å². The van der Waals surface area contributed by atoms with Crippen molar-refractivity contribution in [2.45, 2.75) is 45.4 Å². The van der Waals surface area contributed by atoms with Gasteiger partial charge in [0.25, 0.3) is 0 Å². The molecule has 0 amide bonds. The zero-order chi connectivity index (χ0) is 19.5. The molecule has 8 heteroatoms. The Morgan fingerprint density at radius 3 is 2.19 bits per heavy atom. The summed E-state index contributed by atoms with van der Waals surface area (Å²) in [6.45, 7) is 7.95. The third-order valence-electron chi connectivity index (χ3n) is 4.91. The Labute approximate surface area is 182 Å². The number of nitrogens with zero attached hydrogens (tertiary/aromatic N) is 1. The maximum atomic E-state index is 11.4. The molecule has 0 aromatic heterocycles. The summed E-state index contributed by atoms with van der Waals surface area (Å²) in [5, 5.41) is 6.68. The summed E-state index contributed by atoms with van der Waals surface area (Å²) in [6, 6.07) is 10.6. The largest absolute Gasteiger partial charge is 0.356 e. The van der Waals surface area contributed by atoms with E-state index in [1.165, 1.54) is 5.56 Å². The van der Waals surface area contributed by atoms with Gasteiger partial charge in [0.05, 0.1) is 5.75 Å². The Kier molecular flexibility index (Phi) is 12.9. The number of guanidine groups is 1. The first-order chi connectivity index (χ1) is 12.4. The van der Waals surface area contributed by atoms with Gasteiger partial charge in [-0.15, -0.1) is 24.0 Å². The summed E-state index contributed by atoms with van der Waals surface area (Å²) < 4.78 is 25.4. The maximum absolute atomic E-state index is 11.4. The quantitative estimate of drug-likeness (QED) is 0.185. The van der Waals surface area contributed by atoms with Crippen LogP contribution in [0.25, 0.3) is 0 Å². The molecule has 1 aromatic rings. The zero-order valence-electron chi connectivity index (χ0n) is 16.9. The SMILES string of the molecule is CCC(CC)(CNC(=NC)NCCCNS(=O)(=O)CC)c1ccccc1.I. The van der Waals surface area contributed by atoms with E-state index in [2.05, 4.69) is 58.5 Å². The molecule has 3 N–H and O–H groups in total. The van der Waals surface area contributed by atoms with Gasteiger partial charge in [0, 0.05) is 32.1 Å². The molecule has 0 aliphatic heterocycles. The highest BCUT2D eigenvalue weighted by Crippen LogP contribution is 2.30. The molecular formula is C19H35IN4O2S. The minimum atomic E-state index is -3.12. The third-order valence-corrected chi connectivity index (χ3v) is 6.31. The summed E-state index contributed by atoms with van der Waals surface area (Å²) in [5.41, 5.74) is 1.40. The van der Waals surface area contributed by atoms with Crippen LogP contribution in [0.3, 0.4) is 0 Å². The molecule has 0 saturated heterocycles. The van der Waals surface area contributed by atoms with Crippen LogP contribution in [0.15, 0.2) is 35.3 Å². The Bertz CT molecular complexity index is 647. The Balaban J connectivity index is 0.00000676. The molecular weight excluding hydrogens is 475 g/mol. The standard InChI is InChI=1S/C19H34N4O2S.HI/c1-5-19(6-2,17-12-9-8-10-13-17)16-22-18(20-4)21-14-11-15-23-26(24,25)7-3;/h8-10,12-13,23H,5-7,11,14-16H2,1-4H3,(H2,20,21,22);1H. The van der Waals surface area contributed by atoms with Crippen molar-refractivity contribution in [3.05, 3.63) is 35.9 Å². The Hall–Kier alpha value is -0.870. The molecule has 0 heterocycles. The average Bonchev–Trinajstić information content (AvgIpc) is 2.68. The molecule has 27 heavy (non-hydrogen) atoms. The fourth-order valence-corrected chi connectivity index (χ4v) is 3.56. The monoisotopic (exact) mass is 510 g/mol. The van der Waals surface area contributed by atoms with Gasteiger partial charge in [0.15, 0.2) is 5.96 Å². The van der Waals surface area contributed by atoms with E-state index in [4.69, 9.17) is 0 Å². The number of hydrogen-bond donors (Lipinski definition) is 3. The second-order valence-electron chi connectivity index (χ2n) is 6.36. The van der Waals surface area contributed by atoms with Crippen LogP contribution in [0, 0.1) is 0 Å². The van der Waals surface area contributed by atoms with Crippen molar-refractivity contribution in [1.82, 2.24) is 15.4 Å². The van der Waals surface area contributed by atoms with Crippen LogP contribution in [-0.2, 0) is 15.4 Å². The maximum Gasteiger partial charge on any atom is 0.211 e. The molecule has 0 spiro atoms. The second kappa shape index (κ2) is 13.3. The lowest BCUT2D eigenvalue weighted by Crippen LogP contribution is -2.45. The first kappa shape index (κ1) is 26.1. The number of rotatable bonds is 11. The topological polar surface area (TPSA) is 82.6 Å². The van der Waals surface area contributed by atoms with Crippen LogP contribution in [0.1, 0.15) is 45.6 Å². The van der Waals surface area contributed by atoms with Crippen molar-refractivity contribution in [2.24, 2.45) is 4.99 Å².